The largest absolute Gasteiger partial charge is 0.456 e. The molecule has 2 aromatic heterocycles. The molecule has 0 saturated carbocycles. The fourth-order valence-electron chi connectivity index (χ4n) is 7.74. The number of anilines is 3. The third kappa shape index (κ3) is 4.82. The quantitative estimate of drug-likeness (QED) is 0.178. The molecule has 10 aromatic rings. The first-order chi connectivity index (χ1) is 25.3. The lowest BCUT2D eigenvalue weighted by Crippen LogP contribution is -2.09. The van der Waals surface area contributed by atoms with E-state index in [1.807, 2.05) is 12.1 Å². The SMILES string of the molecule is c1ccc(-c2ccccc2-c2cccc3c2c2cc(N(c4ccccc4)c4ccc5oc6ccccc6c5c4)ccc2n3-c2ccccc2)cc1. The lowest BCUT2D eigenvalue weighted by Gasteiger charge is -2.25. The van der Waals surface area contributed by atoms with E-state index in [4.69, 9.17) is 4.42 Å². The molecule has 3 heteroatoms. The standard InChI is InChI=1S/C48H32N2O/c1-4-15-33(16-5-1)38-21-10-11-22-39(38)41-24-14-25-45-48(41)43-32-36(27-29-44(43)50(45)35-19-8-3-9-20-35)49(34-17-6-2-7-18-34)37-28-30-47-42(31-37)40-23-12-13-26-46(40)51-47/h1-32H. The van der Waals surface area contributed by atoms with Gasteiger partial charge in [-0.2, -0.15) is 0 Å². The van der Waals surface area contributed by atoms with Gasteiger partial charge >= 0.3 is 0 Å². The lowest BCUT2D eigenvalue weighted by molar-refractivity contribution is 0.669. The lowest BCUT2D eigenvalue weighted by atomic mass is 9.92. The minimum Gasteiger partial charge on any atom is -0.456 e. The van der Waals surface area contributed by atoms with Gasteiger partial charge in [-0.3, -0.25) is 0 Å². The van der Waals surface area contributed by atoms with Crippen molar-refractivity contribution in [3.63, 3.8) is 0 Å². The minimum atomic E-state index is 0.885. The van der Waals surface area contributed by atoms with Crippen LogP contribution in [0.5, 0.6) is 0 Å². The number of hydrogen-bond donors (Lipinski definition) is 0. The van der Waals surface area contributed by atoms with Gasteiger partial charge < -0.3 is 13.9 Å². The van der Waals surface area contributed by atoms with Gasteiger partial charge in [0.05, 0.1) is 11.0 Å². The van der Waals surface area contributed by atoms with Gasteiger partial charge in [0.2, 0.25) is 0 Å². The molecular weight excluding hydrogens is 621 g/mol. The molecule has 8 aromatic carbocycles. The summed E-state index contributed by atoms with van der Waals surface area (Å²) in [6.45, 7) is 0. The molecule has 51 heavy (non-hydrogen) atoms. The van der Waals surface area contributed by atoms with Crippen LogP contribution < -0.4 is 4.90 Å². The Balaban J connectivity index is 1.26. The highest BCUT2D eigenvalue weighted by molar-refractivity contribution is 6.18. The average Bonchev–Trinajstić information content (AvgIpc) is 3.74. The second kappa shape index (κ2) is 11.9. The highest BCUT2D eigenvalue weighted by atomic mass is 16.3. The summed E-state index contributed by atoms with van der Waals surface area (Å²) < 4.78 is 8.63. The molecule has 0 aliphatic carbocycles. The highest BCUT2D eigenvalue weighted by Crippen LogP contribution is 2.45. The van der Waals surface area contributed by atoms with Crippen molar-refractivity contribution in [3.8, 4) is 27.9 Å². The van der Waals surface area contributed by atoms with Crippen molar-refractivity contribution in [2.45, 2.75) is 0 Å². The Morgan fingerprint density at radius 2 is 0.980 bits per heavy atom. The van der Waals surface area contributed by atoms with E-state index in [2.05, 4.69) is 191 Å². The van der Waals surface area contributed by atoms with E-state index in [1.165, 1.54) is 38.5 Å². The second-order valence-corrected chi connectivity index (χ2v) is 12.9. The Hall–Kier alpha value is -6.84. The molecule has 0 spiro atoms. The van der Waals surface area contributed by atoms with Gasteiger partial charge in [-0.05, 0) is 95.1 Å². The monoisotopic (exact) mass is 652 g/mol. The summed E-state index contributed by atoms with van der Waals surface area (Å²) in [6, 6.07) is 69.2. The van der Waals surface area contributed by atoms with Gasteiger partial charge in [0.25, 0.3) is 0 Å². The summed E-state index contributed by atoms with van der Waals surface area (Å²) in [7, 11) is 0. The molecule has 0 aliphatic heterocycles. The number of benzene rings is 8. The molecule has 0 atom stereocenters. The Bertz CT molecular complexity index is 2850. The van der Waals surface area contributed by atoms with E-state index in [9.17, 15) is 0 Å². The summed E-state index contributed by atoms with van der Waals surface area (Å²) in [6.07, 6.45) is 0. The number of nitrogens with zero attached hydrogens (tertiary/aromatic N) is 2. The van der Waals surface area contributed by atoms with Gasteiger partial charge in [-0.25, -0.2) is 0 Å². The molecule has 0 bridgehead atoms. The average molecular weight is 653 g/mol. The molecule has 0 N–H and O–H groups in total. The Labute approximate surface area is 295 Å². The van der Waals surface area contributed by atoms with Gasteiger partial charge in [0.15, 0.2) is 0 Å². The topological polar surface area (TPSA) is 21.3 Å². The summed E-state index contributed by atoms with van der Waals surface area (Å²) >= 11 is 0. The van der Waals surface area contributed by atoms with Crippen molar-refractivity contribution in [1.29, 1.82) is 0 Å². The summed E-state index contributed by atoms with van der Waals surface area (Å²) in [5, 5.41) is 4.64. The Kier molecular flexibility index (Phi) is 6.81. The van der Waals surface area contributed by atoms with Crippen molar-refractivity contribution < 1.29 is 4.42 Å². The zero-order valence-corrected chi connectivity index (χ0v) is 27.8. The van der Waals surface area contributed by atoms with E-state index in [0.29, 0.717) is 0 Å². The van der Waals surface area contributed by atoms with E-state index in [-0.39, 0.29) is 0 Å². The summed E-state index contributed by atoms with van der Waals surface area (Å²) in [5.41, 5.74) is 13.3. The second-order valence-electron chi connectivity index (χ2n) is 12.9. The molecule has 2 heterocycles. The van der Waals surface area contributed by atoms with Crippen molar-refractivity contribution >= 4 is 60.8 Å². The number of furan rings is 1. The van der Waals surface area contributed by atoms with Gasteiger partial charge in [-0.15, -0.1) is 0 Å². The van der Waals surface area contributed by atoms with E-state index >= 15 is 0 Å². The van der Waals surface area contributed by atoms with Crippen LogP contribution in [0.1, 0.15) is 0 Å². The van der Waals surface area contributed by atoms with Crippen LogP contribution in [-0.4, -0.2) is 4.57 Å². The first-order valence-electron chi connectivity index (χ1n) is 17.4. The van der Waals surface area contributed by atoms with Gasteiger partial charge in [0.1, 0.15) is 11.2 Å². The minimum absolute atomic E-state index is 0.885. The molecule has 3 nitrogen and oxygen atoms in total. The molecule has 0 fully saturated rings. The molecule has 10 rings (SSSR count). The molecule has 0 amide bonds. The van der Waals surface area contributed by atoms with Gasteiger partial charge in [0, 0.05) is 44.3 Å². The maximum atomic E-state index is 6.22. The van der Waals surface area contributed by atoms with E-state index < -0.39 is 0 Å². The molecule has 0 unspecified atom stereocenters. The van der Waals surface area contributed by atoms with Crippen LogP contribution in [0.25, 0.3) is 71.7 Å². The van der Waals surface area contributed by atoms with Crippen LogP contribution >= 0.6 is 0 Å². The molecular formula is C48H32N2O. The van der Waals surface area contributed by atoms with E-state index in [0.717, 1.165) is 50.2 Å². The van der Waals surface area contributed by atoms with Crippen molar-refractivity contribution in [3.05, 3.63) is 194 Å². The maximum absolute atomic E-state index is 6.22. The van der Waals surface area contributed by atoms with Crippen molar-refractivity contribution in [1.82, 2.24) is 4.57 Å². The first kappa shape index (κ1) is 29.1. The van der Waals surface area contributed by atoms with Crippen LogP contribution in [0, 0.1) is 0 Å². The predicted octanol–water partition coefficient (Wildman–Crippen LogP) is 13.5. The Morgan fingerprint density at radius 1 is 0.373 bits per heavy atom. The zero-order chi connectivity index (χ0) is 33.7. The molecule has 0 aliphatic rings. The first-order valence-corrected chi connectivity index (χ1v) is 17.4. The number of hydrogen-bond acceptors (Lipinski definition) is 2. The zero-order valence-electron chi connectivity index (χ0n) is 27.8. The summed E-state index contributed by atoms with van der Waals surface area (Å²) in [4.78, 5) is 2.35. The summed E-state index contributed by atoms with van der Waals surface area (Å²) in [5.74, 6) is 0. The number of rotatable bonds is 6. The van der Waals surface area contributed by atoms with Gasteiger partial charge in [-0.1, -0.05) is 121 Å². The van der Waals surface area contributed by atoms with Crippen LogP contribution in [0.4, 0.5) is 17.1 Å². The molecule has 0 radical (unpaired) electrons. The van der Waals surface area contributed by atoms with Crippen LogP contribution in [-0.2, 0) is 0 Å². The fraction of sp³-hybridized carbons (Fsp3) is 0. The van der Waals surface area contributed by atoms with E-state index in [1.54, 1.807) is 0 Å². The predicted molar refractivity (Wildman–Crippen MR) is 214 cm³/mol. The number of para-hydroxylation sites is 3. The van der Waals surface area contributed by atoms with Crippen LogP contribution in [0.15, 0.2) is 199 Å². The molecule has 0 saturated heterocycles. The third-order valence-electron chi connectivity index (χ3n) is 9.98. The van der Waals surface area contributed by atoms with Crippen LogP contribution in [0.2, 0.25) is 0 Å². The maximum Gasteiger partial charge on any atom is 0.135 e. The smallest absolute Gasteiger partial charge is 0.135 e. The number of aromatic nitrogens is 1. The van der Waals surface area contributed by atoms with Crippen LogP contribution in [0.3, 0.4) is 0 Å². The normalized spacial score (nSPS) is 11.5. The fourth-order valence-corrected chi connectivity index (χ4v) is 7.74. The number of fused-ring (bicyclic) bond motifs is 6. The van der Waals surface area contributed by atoms with Crippen molar-refractivity contribution in [2.75, 3.05) is 4.90 Å². The third-order valence-corrected chi connectivity index (χ3v) is 9.98. The van der Waals surface area contributed by atoms with Crippen molar-refractivity contribution in [2.24, 2.45) is 0 Å². The Morgan fingerprint density at radius 3 is 1.78 bits per heavy atom. The highest BCUT2D eigenvalue weighted by Gasteiger charge is 2.21. The molecule has 240 valence electrons.